The first kappa shape index (κ1) is 12.3. The summed E-state index contributed by atoms with van der Waals surface area (Å²) in [6.07, 6.45) is 0.920. The van der Waals surface area contributed by atoms with Crippen molar-refractivity contribution >= 4 is 23.5 Å². The van der Waals surface area contributed by atoms with Gasteiger partial charge in [0.25, 0.3) is 0 Å². The number of urea groups is 1. The van der Waals surface area contributed by atoms with Crippen molar-refractivity contribution in [3.05, 3.63) is 0 Å². The largest absolute Gasteiger partial charge is 0.375 e. The van der Waals surface area contributed by atoms with Crippen molar-refractivity contribution in [2.24, 2.45) is 0 Å². The molecule has 1 rings (SSSR count). The molecule has 0 aromatic rings. The maximum Gasteiger partial charge on any atom is 0.324 e. The van der Waals surface area contributed by atoms with Gasteiger partial charge < -0.3 is 9.64 Å². The molecule has 0 aromatic heterocycles. The van der Waals surface area contributed by atoms with Crippen molar-refractivity contribution in [1.29, 1.82) is 0 Å². The van der Waals surface area contributed by atoms with Crippen LogP contribution in [0.3, 0.4) is 0 Å². The Morgan fingerprint density at radius 1 is 1.60 bits per heavy atom. The summed E-state index contributed by atoms with van der Waals surface area (Å²) < 4.78 is 5.41. The van der Waals surface area contributed by atoms with Crippen LogP contribution >= 0.6 is 11.6 Å². The van der Waals surface area contributed by atoms with Crippen LogP contribution in [-0.4, -0.2) is 48.5 Å². The number of nitrogens with one attached hydrogen (secondary N) is 1. The van der Waals surface area contributed by atoms with E-state index in [0.717, 1.165) is 6.42 Å². The second-order valence-electron chi connectivity index (χ2n) is 3.33. The standard InChI is InChI=1S/C9H15ClN2O3/c1-2-7-6-12(3-4-15-7)9(14)11-8(13)5-10/h7H,2-6H2,1H3,(H,11,13,14). The van der Waals surface area contributed by atoms with Gasteiger partial charge in [-0.3, -0.25) is 10.1 Å². The molecule has 1 aliphatic rings. The molecule has 1 atom stereocenters. The summed E-state index contributed by atoms with van der Waals surface area (Å²) in [6.45, 7) is 3.55. The maximum atomic E-state index is 11.5. The van der Waals surface area contributed by atoms with Crippen molar-refractivity contribution in [2.45, 2.75) is 19.4 Å². The third-order valence-electron chi connectivity index (χ3n) is 2.25. The lowest BCUT2D eigenvalue weighted by Gasteiger charge is -2.32. The average molecular weight is 235 g/mol. The number of rotatable bonds is 2. The molecule has 1 aliphatic heterocycles. The number of morpholine rings is 1. The zero-order valence-corrected chi connectivity index (χ0v) is 9.42. The van der Waals surface area contributed by atoms with E-state index in [9.17, 15) is 9.59 Å². The molecule has 15 heavy (non-hydrogen) atoms. The van der Waals surface area contributed by atoms with E-state index in [-0.39, 0.29) is 18.0 Å². The van der Waals surface area contributed by atoms with E-state index < -0.39 is 5.91 Å². The van der Waals surface area contributed by atoms with Crippen molar-refractivity contribution in [1.82, 2.24) is 10.2 Å². The van der Waals surface area contributed by atoms with Gasteiger partial charge in [0.2, 0.25) is 5.91 Å². The molecule has 3 amide bonds. The first-order valence-electron chi connectivity index (χ1n) is 4.93. The minimum Gasteiger partial charge on any atom is -0.375 e. The Labute approximate surface area is 93.7 Å². The Morgan fingerprint density at radius 3 is 2.93 bits per heavy atom. The van der Waals surface area contributed by atoms with E-state index >= 15 is 0 Å². The topological polar surface area (TPSA) is 58.6 Å². The fraction of sp³-hybridized carbons (Fsp3) is 0.778. The summed E-state index contributed by atoms with van der Waals surface area (Å²) in [7, 11) is 0. The average Bonchev–Trinajstić information content (AvgIpc) is 2.28. The summed E-state index contributed by atoms with van der Waals surface area (Å²) in [5, 5.41) is 2.20. The molecule has 0 aromatic carbocycles. The lowest BCUT2D eigenvalue weighted by molar-refractivity contribution is -0.118. The summed E-state index contributed by atoms with van der Waals surface area (Å²) in [5.41, 5.74) is 0. The molecule has 1 unspecified atom stereocenters. The number of alkyl halides is 1. The van der Waals surface area contributed by atoms with Crippen LogP contribution in [0.4, 0.5) is 4.79 Å². The third-order valence-corrected chi connectivity index (χ3v) is 2.49. The molecular formula is C9H15ClN2O3. The number of carbonyl (C=O) groups is 2. The molecule has 1 heterocycles. The molecule has 5 nitrogen and oxygen atoms in total. The van der Waals surface area contributed by atoms with Gasteiger partial charge in [0.1, 0.15) is 5.88 Å². The highest BCUT2D eigenvalue weighted by Crippen LogP contribution is 2.07. The predicted molar refractivity (Wildman–Crippen MR) is 55.9 cm³/mol. The third kappa shape index (κ3) is 3.68. The maximum absolute atomic E-state index is 11.5. The fourth-order valence-corrected chi connectivity index (χ4v) is 1.45. The van der Waals surface area contributed by atoms with Gasteiger partial charge in [-0.2, -0.15) is 0 Å². The second-order valence-corrected chi connectivity index (χ2v) is 3.60. The first-order chi connectivity index (χ1) is 7.17. The van der Waals surface area contributed by atoms with Crippen LogP contribution in [0.15, 0.2) is 0 Å². The van der Waals surface area contributed by atoms with Gasteiger partial charge in [0.15, 0.2) is 0 Å². The minimum absolute atomic E-state index is 0.0654. The summed E-state index contributed by atoms with van der Waals surface area (Å²) in [6, 6.07) is -0.387. The molecule has 0 bridgehead atoms. The van der Waals surface area contributed by atoms with Gasteiger partial charge in [0, 0.05) is 13.1 Å². The molecule has 1 saturated heterocycles. The molecule has 1 N–H and O–H groups in total. The van der Waals surface area contributed by atoms with E-state index in [2.05, 4.69) is 5.32 Å². The van der Waals surface area contributed by atoms with Gasteiger partial charge in [-0.05, 0) is 6.42 Å². The Balaban J connectivity index is 2.41. The number of hydrogen-bond acceptors (Lipinski definition) is 3. The molecule has 0 aliphatic carbocycles. The first-order valence-corrected chi connectivity index (χ1v) is 5.47. The van der Waals surface area contributed by atoms with Gasteiger partial charge in [-0.15, -0.1) is 11.6 Å². The highest BCUT2D eigenvalue weighted by molar-refractivity contribution is 6.28. The Bertz CT molecular complexity index is 248. The van der Waals surface area contributed by atoms with Crippen LogP contribution in [0.1, 0.15) is 13.3 Å². The van der Waals surface area contributed by atoms with E-state index in [1.165, 1.54) is 0 Å². The number of carbonyl (C=O) groups excluding carboxylic acids is 2. The SMILES string of the molecule is CCC1CN(C(=O)NC(=O)CCl)CCO1. The highest BCUT2D eigenvalue weighted by Gasteiger charge is 2.23. The molecule has 1 fully saturated rings. The number of nitrogens with zero attached hydrogens (tertiary/aromatic N) is 1. The molecule has 0 saturated carbocycles. The van der Waals surface area contributed by atoms with E-state index in [1.807, 2.05) is 6.92 Å². The number of amides is 3. The summed E-state index contributed by atoms with van der Waals surface area (Å²) in [4.78, 5) is 24.0. The zero-order valence-electron chi connectivity index (χ0n) is 8.66. The minimum atomic E-state index is -0.471. The predicted octanol–water partition coefficient (Wildman–Crippen LogP) is 0.572. The molecule has 0 spiro atoms. The second kappa shape index (κ2) is 5.92. The summed E-state index contributed by atoms with van der Waals surface area (Å²) in [5.74, 6) is -0.672. The van der Waals surface area contributed by atoms with E-state index in [4.69, 9.17) is 16.3 Å². The van der Waals surface area contributed by atoms with E-state index in [0.29, 0.717) is 19.7 Å². The number of ether oxygens (including phenoxy) is 1. The zero-order chi connectivity index (χ0) is 11.3. The Hall–Kier alpha value is -0.810. The fourth-order valence-electron chi connectivity index (χ4n) is 1.38. The van der Waals surface area contributed by atoms with Crippen molar-refractivity contribution in [2.75, 3.05) is 25.6 Å². The van der Waals surface area contributed by atoms with Crippen LogP contribution in [0, 0.1) is 0 Å². The van der Waals surface area contributed by atoms with E-state index in [1.54, 1.807) is 4.90 Å². The van der Waals surface area contributed by atoms with Gasteiger partial charge in [-0.25, -0.2) is 4.79 Å². The van der Waals surface area contributed by atoms with Crippen LogP contribution in [0.5, 0.6) is 0 Å². The van der Waals surface area contributed by atoms with Crippen LogP contribution in [0.2, 0.25) is 0 Å². The monoisotopic (exact) mass is 234 g/mol. The van der Waals surface area contributed by atoms with Crippen LogP contribution in [0.25, 0.3) is 0 Å². The smallest absolute Gasteiger partial charge is 0.324 e. The normalized spacial score (nSPS) is 21.2. The highest BCUT2D eigenvalue weighted by atomic mass is 35.5. The molecular weight excluding hydrogens is 220 g/mol. The van der Waals surface area contributed by atoms with Crippen LogP contribution in [-0.2, 0) is 9.53 Å². The lowest BCUT2D eigenvalue weighted by Crippen LogP contribution is -2.51. The Morgan fingerprint density at radius 2 is 2.33 bits per heavy atom. The van der Waals surface area contributed by atoms with Crippen molar-refractivity contribution in [3.8, 4) is 0 Å². The Kier molecular flexibility index (Phi) is 4.84. The van der Waals surface area contributed by atoms with Crippen LogP contribution < -0.4 is 5.32 Å². The van der Waals surface area contributed by atoms with Gasteiger partial charge >= 0.3 is 6.03 Å². The van der Waals surface area contributed by atoms with Gasteiger partial charge in [-0.1, -0.05) is 6.92 Å². The number of halogens is 1. The van der Waals surface area contributed by atoms with Gasteiger partial charge in [0.05, 0.1) is 12.7 Å². The number of imide groups is 1. The molecule has 6 heteroatoms. The number of hydrogen-bond donors (Lipinski definition) is 1. The van der Waals surface area contributed by atoms with Crippen molar-refractivity contribution in [3.63, 3.8) is 0 Å². The quantitative estimate of drug-likeness (QED) is 0.711. The lowest BCUT2D eigenvalue weighted by atomic mass is 10.2. The molecule has 86 valence electrons. The summed E-state index contributed by atoms with van der Waals surface area (Å²) >= 11 is 5.28. The molecule has 0 radical (unpaired) electrons. The van der Waals surface area contributed by atoms with Crippen molar-refractivity contribution < 1.29 is 14.3 Å².